The summed E-state index contributed by atoms with van der Waals surface area (Å²) in [6.07, 6.45) is 0. The number of hydrogen-bond acceptors (Lipinski definition) is 3. The van der Waals surface area contributed by atoms with Crippen LogP contribution in [0.25, 0.3) is 75.1 Å². The van der Waals surface area contributed by atoms with Crippen LogP contribution in [0.15, 0.2) is 180 Å². The summed E-state index contributed by atoms with van der Waals surface area (Å²) in [5.74, 6) is 0. The molecule has 8 aromatic carbocycles. The molecule has 2 aromatic heterocycles. The molecule has 0 N–H and O–H groups in total. The van der Waals surface area contributed by atoms with Gasteiger partial charge in [-0.15, -0.1) is 11.3 Å². The van der Waals surface area contributed by atoms with Crippen molar-refractivity contribution in [1.82, 2.24) is 0 Å². The first-order chi connectivity index (χ1) is 24.3. The van der Waals surface area contributed by atoms with E-state index in [9.17, 15) is 0 Å². The molecule has 0 bridgehead atoms. The minimum absolute atomic E-state index is 0.876. The lowest BCUT2D eigenvalue weighted by atomic mass is 9.99. The lowest BCUT2D eigenvalue weighted by Gasteiger charge is -2.28. The minimum Gasteiger partial charge on any atom is -0.456 e. The van der Waals surface area contributed by atoms with E-state index >= 15 is 0 Å². The van der Waals surface area contributed by atoms with Crippen LogP contribution in [0.5, 0.6) is 0 Å². The number of thiophene rings is 1. The van der Waals surface area contributed by atoms with E-state index in [1.54, 1.807) is 0 Å². The maximum atomic E-state index is 6.37. The van der Waals surface area contributed by atoms with Crippen LogP contribution in [0.1, 0.15) is 0 Å². The second kappa shape index (κ2) is 11.2. The number of anilines is 3. The molecule has 0 radical (unpaired) electrons. The molecule has 0 atom stereocenters. The fraction of sp³-hybridized carbons (Fsp3) is 0. The minimum atomic E-state index is 0.876. The zero-order chi connectivity index (χ0) is 32.3. The van der Waals surface area contributed by atoms with Crippen molar-refractivity contribution in [1.29, 1.82) is 0 Å². The van der Waals surface area contributed by atoms with Crippen molar-refractivity contribution in [2.24, 2.45) is 0 Å². The van der Waals surface area contributed by atoms with Crippen molar-refractivity contribution in [2.45, 2.75) is 0 Å². The smallest absolute Gasteiger partial charge is 0.137 e. The molecule has 10 aromatic rings. The van der Waals surface area contributed by atoms with Crippen LogP contribution in [0.3, 0.4) is 0 Å². The van der Waals surface area contributed by atoms with Gasteiger partial charge >= 0.3 is 0 Å². The predicted octanol–water partition coefficient (Wildman–Crippen LogP) is 13.9. The molecule has 10 rings (SSSR count). The Morgan fingerprint density at radius 2 is 1.08 bits per heavy atom. The van der Waals surface area contributed by atoms with Crippen molar-refractivity contribution in [3.63, 3.8) is 0 Å². The molecule has 0 aliphatic carbocycles. The molecule has 0 amide bonds. The number of rotatable bonds is 5. The van der Waals surface area contributed by atoms with Gasteiger partial charge in [-0.2, -0.15) is 0 Å². The van der Waals surface area contributed by atoms with E-state index in [0.717, 1.165) is 39.0 Å². The molecule has 0 aliphatic rings. The molecule has 0 spiro atoms. The van der Waals surface area contributed by atoms with Gasteiger partial charge in [-0.25, -0.2) is 0 Å². The largest absolute Gasteiger partial charge is 0.456 e. The van der Waals surface area contributed by atoms with Crippen LogP contribution < -0.4 is 4.90 Å². The average molecular weight is 644 g/mol. The molecule has 49 heavy (non-hydrogen) atoms. The summed E-state index contributed by atoms with van der Waals surface area (Å²) in [7, 11) is 0. The Labute approximate surface area is 287 Å². The summed E-state index contributed by atoms with van der Waals surface area (Å²) in [6, 6.07) is 63.2. The van der Waals surface area contributed by atoms with Gasteiger partial charge in [0, 0.05) is 59.3 Å². The highest BCUT2D eigenvalue weighted by Gasteiger charge is 2.19. The maximum absolute atomic E-state index is 6.37. The number of nitrogens with zero attached hydrogens (tertiary/aromatic N) is 1. The Kier molecular flexibility index (Phi) is 6.39. The number of hydrogen-bond donors (Lipinski definition) is 0. The monoisotopic (exact) mass is 643 g/mol. The Bertz CT molecular complexity index is 2830. The van der Waals surface area contributed by atoms with Crippen LogP contribution in [-0.4, -0.2) is 0 Å². The third kappa shape index (κ3) is 4.62. The second-order valence-electron chi connectivity index (χ2n) is 12.5. The normalized spacial score (nSPS) is 11.7. The molecular formula is C46H29NOS. The summed E-state index contributed by atoms with van der Waals surface area (Å²) >= 11 is 1.88. The second-order valence-corrected chi connectivity index (χ2v) is 13.6. The molecule has 0 saturated heterocycles. The van der Waals surface area contributed by atoms with Crippen LogP contribution in [-0.2, 0) is 0 Å². The van der Waals surface area contributed by atoms with E-state index in [2.05, 4.69) is 169 Å². The summed E-state index contributed by atoms with van der Waals surface area (Å²) < 4.78 is 9.04. The zero-order valence-electron chi connectivity index (χ0n) is 26.5. The van der Waals surface area contributed by atoms with Gasteiger partial charge in [-0.3, -0.25) is 0 Å². The van der Waals surface area contributed by atoms with E-state index < -0.39 is 0 Å². The molecular weight excluding hydrogens is 615 g/mol. The molecule has 2 nitrogen and oxygen atoms in total. The Hall–Kier alpha value is -6.16. The van der Waals surface area contributed by atoms with Gasteiger partial charge in [-0.05, 0) is 70.6 Å². The van der Waals surface area contributed by atoms with Crippen molar-refractivity contribution >= 4 is 81.3 Å². The van der Waals surface area contributed by atoms with E-state index in [-0.39, 0.29) is 0 Å². The van der Waals surface area contributed by atoms with Crippen LogP contribution in [0.4, 0.5) is 17.1 Å². The highest BCUT2D eigenvalue weighted by molar-refractivity contribution is 7.26. The van der Waals surface area contributed by atoms with Crippen LogP contribution >= 0.6 is 11.3 Å². The Morgan fingerprint density at radius 3 is 1.98 bits per heavy atom. The van der Waals surface area contributed by atoms with Gasteiger partial charge in [0.15, 0.2) is 0 Å². The maximum Gasteiger partial charge on any atom is 0.137 e. The first kappa shape index (κ1) is 27.9. The Morgan fingerprint density at radius 1 is 0.408 bits per heavy atom. The average Bonchev–Trinajstić information content (AvgIpc) is 3.74. The van der Waals surface area contributed by atoms with Gasteiger partial charge in [0.05, 0.1) is 5.69 Å². The lowest BCUT2D eigenvalue weighted by molar-refractivity contribution is 0.669. The third-order valence-corrected chi connectivity index (χ3v) is 10.9. The summed E-state index contributed by atoms with van der Waals surface area (Å²) in [4.78, 5) is 2.35. The van der Waals surface area contributed by atoms with Gasteiger partial charge in [0.2, 0.25) is 0 Å². The first-order valence-electron chi connectivity index (χ1n) is 16.6. The summed E-state index contributed by atoms with van der Waals surface area (Å²) in [5.41, 5.74) is 9.74. The van der Waals surface area contributed by atoms with Crippen molar-refractivity contribution < 1.29 is 4.42 Å². The van der Waals surface area contributed by atoms with E-state index in [1.807, 2.05) is 23.5 Å². The number of furan rings is 1. The summed E-state index contributed by atoms with van der Waals surface area (Å²) in [6.45, 7) is 0. The Balaban J connectivity index is 1.12. The highest BCUT2D eigenvalue weighted by Crippen LogP contribution is 2.44. The van der Waals surface area contributed by atoms with E-state index in [1.165, 1.54) is 53.2 Å². The molecule has 0 aliphatic heterocycles. The van der Waals surface area contributed by atoms with E-state index in [0.29, 0.717) is 0 Å². The van der Waals surface area contributed by atoms with Gasteiger partial charge in [-0.1, -0.05) is 121 Å². The SMILES string of the molecule is c1ccc(-c2ccccc2N(c2ccc(-c3ccc4ccc5c6ccccc6sc5c4c3)cc2)c2ccc3c(c2)oc2ccccc23)cc1. The zero-order valence-corrected chi connectivity index (χ0v) is 27.3. The van der Waals surface area contributed by atoms with Crippen molar-refractivity contribution in [2.75, 3.05) is 4.90 Å². The quantitative estimate of drug-likeness (QED) is 0.186. The molecule has 230 valence electrons. The van der Waals surface area contributed by atoms with Crippen LogP contribution in [0.2, 0.25) is 0 Å². The molecule has 0 fully saturated rings. The van der Waals surface area contributed by atoms with Gasteiger partial charge in [0.1, 0.15) is 11.2 Å². The van der Waals surface area contributed by atoms with E-state index in [4.69, 9.17) is 4.42 Å². The van der Waals surface area contributed by atoms with Crippen molar-refractivity contribution in [3.8, 4) is 22.3 Å². The van der Waals surface area contributed by atoms with Gasteiger partial charge < -0.3 is 9.32 Å². The lowest BCUT2D eigenvalue weighted by Crippen LogP contribution is -2.11. The number of benzene rings is 8. The third-order valence-electron chi connectivity index (χ3n) is 9.67. The molecule has 0 saturated carbocycles. The molecule has 2 heterocycles. The van der Waals surface area contributed by atoms with Crippen LogP contribution in [0, 0.1) is 0 Å². The fourth-order valence-electron chi connectivity index (χ4n) is 7.30. The fourth-order valence-corrected chi connectivity index (χ4v) is 8.53. The number of para-hydroxylation sites is 2. The standard InChI is InChI=1S/C46H29NOS/c1-2-10-31(11-3-1)36-12-4-7-15-42(36)47(35-25-27-38-37-13-5-8-16-43(37)48-44(38)29-35)34-23-20-30(21-24-34)33-19-18-32-22-26-40-39-14-6-9-17-45(39)49-46(40)41(32)28-33/h1-29H. The number of fused-ring (bicyclic) bond motifs is 8. The topological polar surface area (TPSA) is 16.4 Å². The molecule has 3 heteroatoms. The predicted molar refractivity (Wildman–Crippen MR) is 210 cm³/mol. The summed E-state index contributed by atoms with van der Waals surface area (Å²) in [5, 5.41) is 7.48. The van der Waals surface area contributed by atoms with Gasteiger partial charge in [0.25, 0.3) is 0 Å². The first-order valence-corrected chi connectivity index (χ1v) is 17.4. The van der Waals surface area contributed by atoms with Crippen molar-refractivity contribution in [3.05, 3.63) is 176 Å². The molecule has 0 unspecified atom stereocenters. The highest BCUT2D eigenvalue weighted by atomic mass is 32.1.